The molecule has 4 rings (SSSR count). The molecule has 0 bridgehead atoms. The Morgan fingerprint density at radius 3 is 2.41 bits per heavy atom. The first-order valence-corrected chi connectivity index (χ1v) is 7.23. The van der Waals surface area contributed by atoms with Crippen LogP contribution in [0.4, 0.5) is 0 Å². The van der Waals surface area contributed by atoms with E-state index in [1.807, 2.05) is 30.3 Å². The highest BCUT2D eigenvalue weighted by Crippen LogP contribution is 2.45. The van der Waals surface area contributed by atoms with E-state index in [9.17, 15) is 4.79 Å². The Morgan fingerprint density at radius 2 is 1.59 bits per heavy atom. The Bertz CT molecular complexity index is 903. The largest absolute Gasteiger partial charge is 0.449 e. The molecule has 3 aromatic rings. The molecule has 2 nitrogen and oxygen atoms in total. The topological polar surface area (TPSA) is 26.3 Å². The highest BCUT2D eigenvalue weighted by Gasteiger charge is 2.28. The van der Waals surface area contributed by atoms with Crippen molar-refractivity contribution in [3.63, 3.8) is 0 Å². The highest BCUT2D eigenvalue weighted by molar-refractivity contribution is 6.02. The first-order chi connectivity index (χ1) is 10.8. The van der Waals surface area contributed by atoms with Crippen molar-refractivity contribution in [2.75, 3.05) is 0 Å². The smallest absolute Gasteiger partial charge is 0.331 e. The number of hydrogen-bond acceptors (Lipinski definition) is 2. The Kier molecular flexibility index (Phi) is 2.83. The monoisotopic (exact) mass is 286 g/mol. The fraction of sp³-hybridized carbons (Fsp3) is 0.0500. The first kappa shape index (κ1) is 12.8. The van der Waals surface area contributed by atoms with Gasteiger partial charge in [-0.1, -0.05) is 67.2 Å². The standard InChI is InChI=1S/C20H14O2/c1-2-18(21)22-20-16-10-4-3-9-14(16)15-11-5-7-13-8-6-12-17(20)19(13)15/h2-12,20H,1H2. The molecule has 106 valence electrons. The van der Waals surface area contributed by atoms with Crippen molar-refractivity contribution in [2.45, 2.75) is 6.10 Å². The van der Waals surface area contributed by atoms with Gasteiger partial charge in [0.2, 0.25) is 0 Å². The normalized spacial score (nSPS) is 15.2. The third-order valence-corrected chi connectivity index (χ3v) is 4.15. The second-order valence-corrected chi connectivity index (χ2v) is 5.36. The maximum atomic E-state index is 11.8. The van der Waals surface area contributed by atoms with Crippen LogP contribution in [0.5, 0.6) is 0 Å². The quantitative estimate of drug-likeness (QED) is 0.507. The summed E-state index contributed by atoms with van der Waals surface area (Å²) in [7, 11) is 0. The van der Waals surface area contributed by atoms with E-state index < -0.39 is 5.97 Å². The highest BCUT2D eigenvalue weighted by atomic mass is 16.5. The fourth-order valence-electron chi connectivity index (χ4n) is 3.24. The molecule has 0 saturated carbocycles. The third-order valence-electron chi connectivity index (χ3n) is 4.15. The van der Waals surface area contributed by atoms with Crippen LogP contribution in [0.15, 0.2) is 73.3 Å². The van der Waals surface area contributed by atoms with Gasteiger partial charge < -0.3 is 4.74 Å². The first-order valence-electron chi connectivity index (χ1n) is 7.23. The molecule has 1 aliphatic rings. The van der Waals surface area contributed by atoms with Crippen molar-refractivity contribution >= 4 is 16.7 Å². The average Bonchev–Trinajstić information content (AvgIpc) is 2.58. The molecule has 1 unspecified atom stereocenters. The molecule has 0 spiro atoms. The Morgan fingerprint density at radius 1 is 0.909 bits per heavy atom. The SMILES string of the molecule is C=CC(=O)OC1c2ccccc2-c2cccc3cccc1c23. The van der Waals surface area contributed by atoms with Gasteiger partial charge in [-0.3, -0.25) is 0 Å². The van der Waals surface area contributed by atoms with Gasteiger partial charge in [0, 0.05) is 17.2 Å². The van der Waals surface area contributed by atoms with Gasteiger partial charge in [-0.25, -0.2) is 4.79 Å². The minimum absolute atomic E-state index is 0.389. The summed E-state index contributed by atoms with van der Waals surface area (Å²) in [6, 6.07) is 20.5. The Labute approximate surface area is 128 Å². The van der Waals surface area contributed by atoms with Crippen LogP contribution in [0, 0.1) is 0 Å². The zero-order valence-electron chi connectivity index (χ0n) is 12.0. The lowest BCUT2D eigenvalue weighted by Gasteiger charge is -2.28. The molecule has 0 heterocycles. The Balaban J connectivity index is 2.07. The number of hydrogen-bond donors (Lipinski definition) is 0. The van der Waals surface area contributed by atoms with Gasteiger partial charge in [0.05, 0.1) is 0 Å². The van der Waals surface area contributed by atoms with Gasteiger partial charge in [-0.2, -0.15) is 0 Å². The summed E-state index contributed by atoms with van der Waals surface area (Å²) in [4.78, 5) is 11.8. The van der Waals surface area contributed by atoms with Crippen molar-refractivity contribution in [2.24, 2.45) is 0 Å². The average molecular weight is 286 g/mol. The zero-order valence-corrected chi connectivity index (χ0v) is 12.0. The van der Waals surface area contributed by atoms with Crippen LogP contribution in [-0.4, -0.2) is 5.97 Å². The molecule has 22 heavy (non-hydrogen) atoms. The Hall–Kier alpha value is -2.87. The van der Waals surface area contributed by atoms with Crippen molar-refractivity contribution in [1.29, 1.82) is 0 Å². The minimum atomic E-state index is -0.406. The number of benzene rings is 3. The summed E-state index contributed by atoms with van der Waals surface area (Å²) in [6.07, 6.45) is 0.823. The van der Waals surface area contributed by atoms with Crippen molar-refractivity contribution in [3.8, 4) is 11.1 Å². The lowest BCUT2D eigenvalue weighted by Crippen LogP contribution is -2.15. The molecule has 0 saturated heterocycles. The van der Waals surface area contributed by atoms with Crippen LogP contribution in [0.1, 0.15) is 17.2 Å². The summed E-state index contributed by atoms with van der Waals surface area (Å²) < 4.78 is 5.66. The third kappa shape index (κ3) is 1.77. The molecule has 1 atom stereocenters. The number of fused-ring (bicyclic) bond motifs is 2. The maximum Gasteiger partial charge on any atom is 0.331 e. The van der Waals surface area contributed by atoms with E-state index in [2.05, 4.69) is 36.9 Å². The summed E-state index contributed by atoms with van der Waals surface area (Å²) >= 11 is 0. The van der Waals surface area contributed by atoms with E-state index in [4.69, 9.17) is 4.74 Å². The van der Waals surface area contributed by atoms with Gasteiger partial charge in [-0.15, -0.1) is 0 Å². The molecule has 0 aliphatic heterocycles. The van der Waals surface area contributed by atoms with Gasteiger partial charge in [-0.05, 0) is 21.9 Å². The fourth-order valence-corrected chi connectivity index (χ4v) is 3.24. The predicted molar refractivity (Wildman–Crippen MR) is 87.5 cm³/mol. The molecule has 0 amide bonds. The van der Waals surface area contributed by atoms with E-state index in [1.54, 1.807) is 0 Å². The van der Waals surface area contributed by atoms with E-state index >= 15 is 0 Å². The molecular formula is C20H14O2. The second kappa shape index (κ2) is 4.85. The van der Waals surface area contributed by atoms with Gasteiger partial charge >= 0.3 is 5.97 Å². The number of esters is 1. The lowest BCUT2D eigenvalue weighted by molar-refractivity contribution is -0.141. The molecule has 1 aliphatic carbocycles. The summed E-state index contributed by atoms with van der Waals surface area (Å²) in [5.41, 5.74) is 4.36. The van der Waals surface area contributed by atoms with Crippen molar-refractivity contribution in [1.82, 2.24) is 0 Å². The van der Waals surface area contributed by atoms with E-state index in [-0.39, 0.29) is 6.10 Å². The summed E-state index contributed by atoms with van der Waals surface area (Å²) in [5.74, 6) is -0.406. The van der Waals surface area contributed by atoms with Gasteiger partial charge in [0.25, 0.3) is 0 Å². The van der Waals surface area contributed by atoms with Gasteiger partial charge in [0.1, 0.15) is 0 Å². The predicted octanol–water partition coefficient (Wildman–Crippen LogP) is 4.64. The van der Waals surface area contributed by atoms with E-state index in [0.717, 1.165) is 27.5 Å². The number of rotatable bonds is 2. The molecule has 0 aromatic heterocycles. The number of carbonyl (C=O) groups is 1. The molecule has 2 heteroatoms. The van der Waals surface area contributed by atoms with Crippen LogP contribution in [0.3, 0.4) is 0 Å². The van der Waals surface area contributed by atoms with Crippen LogP contribution >= 0.6 is 0 Å². The van der Waals surface area contributed by atoms with Crippen molar-refractivity contribution < 1.29 is 9.53 Å². The van der Waals surface area contributed by atoms with Gasteiger partial charge in [0.15, 0.2) is 6.10 Å². The van der Waals surface area contributed by atoms with Crippen molar-refractivity contribution in [3.05, 3.63) is 84.4 Å². The van der Waals surface area contributed by atoms with Crippen LogP contribution < -0.4 is 0 Å². The summed E-state index contributed by atoms with van der Waals surface area (Å²) in [5, 5.41) is 2.31. The number of carbonyl (C=O) groups excluding carboxylic acids is 1. The second-order valence-electron chi connectivity index (χ2n) is 5.36. The van der Waals surface area contributed by atoms with E-state index in [1.165, 1.54) is 11.6 Å². The molecule has 0 fully saturated rings. The maximum absolute atomic E-state index is 11.8. The van der Waals surface area contributed by atoms with Crippen LogP contribution in [0.2, 0.25) is 0 Å². The van der Waals surface area contributed by atoms with E-state index in [0.29, 0.717) is 0 Å². The lowest BCUT2D eigenvalue weighted by atomic mass is 9.82. The van der Waals surface area contributed by atoms with Crippen LogP contribution in [0.25, 0.3) is 21.9 Å². The number of ether oxygens (including phenoxy) is 1. The zero-order chi connectivity index (χ0) is 15.1. The van der Waals surface area contributed by atoms with Crippen LogP contribution in [-0.2, 0) is 9.53 Å². The molecule has 3 aromatic carbocycles. The minimum Gasteiger partial charge on any atom is -0.449 e. The summed E-state index contributed by atoms with van der Waals surface area (Å²) in [6.45, 7) is 3.50. The molecule has 0 radical (unpaired) electrons. The molecule has 0 N–H and O–H groups in total. The molecular weight excluding hydrogens is 272 g/mol.